The van der Waals surface area contributed by atoms with Gasteiger partial charge in [0.2, 0.25) is 5.91 Å². The predicted octanol–water partition coefficient (Wildman–Crippen LogP) is 1.60. The number of fused-ring (bicyclic) bond motifs is 1. The van der Waals surface area contributed by atoms with Crippen LogP contribution < -0.4 is 5.73 Å². The van der Waals surface area contributed by atoms with Gasteiger partial charge in [-0.25, -0.2) is 0 Å². The van der Waals surface area contributed by atoms with Crippen LogP contribution in [0.1, 0.15) is 16.7 Å². The molecule has 0 atom stereocenters. The average Bonchev–Trinajstić information content (AvgIpc) is 2.15. The van der Waals surface area contributed by atoms with E-state index in [4.69, 9.17) is 5.73 Å². The summed E-state index contributed by atoms with van der Waals surface area (Å²) in [4.78, 5) is 13.0. The summed E-state index contributed by atoms with van der Waals surface area (Å²) < 4.78 is 1.18. The van der Waals surface area contributed by atoms with Crippen LogP contribution >= 0.6 is 15.9 Å². The molecule has 1 aromatic carbocycles. The third kappa shape index (κ3) is 2.44. The Morgan fingerprint density at radius 2 is 2.31 bits per heavy atom. The molecule has 0 fully saturated rings. The molecule has 0 bridgehead atoms. The first-order chi connectivity index (χ1) is 7.56. The van der Waals surface area contributed by atoms with Crippen molar-refractivity contribution in [2.75, 3.05) is 13.1 Å². The van der Waals surface area contributed by atoms with E-state index in [2.05, 4.69) is 39.9 Å². The number of carbonyl (C=O) groups excluding carboxylic acids is 1. The van der Waals surface area contributed by atoms with E-state index in [9.17, 15) is 4.79 Å². The number of primary amides is 1. The number of hydrogen-bond acceptors (Lipinski definition) is 2. The lowest BCUT2D eigenvalue weighted by atomic mass is 9.98. The van der Waals surface area contributed by atoms with Crippen LogP contribution in [0.25, 0.3) is 0 Å². The van der Waals surface area contributed by atoms with Crippen molar-refractivity contribution in [2.24, 2.45) is 5.73 Å². The number of hydrogen-bond donors (Lipinski definition) is 1. The number of carbonyl (C=O) groups is 1. The minimum Gasteiger partial charge on any atom is -0.369 e. The van der Waals surface area contributed by atoms with Gasteiger partial charge >= 0.3 is 0 Å². The summed E-state index contributed by atoms with van der Waals surface area (Å²) in [5.74, 6) is -0.254. The summed E-state index contributed by atoms with van der Waals surface area (Å²) in [6.45, 7) is 4.15. The molecule has 0 saturated carbocycles. The smallest absolute Gasteiger partial charge is 0.231 e. The highest BCUT2D eigenvalue weighted by Crippen LogP contribution is 2.27. The summed E-state index contributed by atoms with van der Waals surface area (Å²) in [7, 11) is 0. The molecule has 0 aliphatic carbocycles. The SMILES string of the molecule is Cc1cc(Br)c2c(c1)CN(CC(N)=O)CC2. The second kappa shape index (κ2) is 4.55. The Morgan fingerprint density at radius 3 is 3.00 bits per heavy atom. The zero-order valence-electron chi connectivity index (χ0n) is 9.29. The lowest BCUT2D eigenvalue weighted by Crippen LogP contribution is -2.37. The molecule has 0 saturated heterocycles. The highest BCUT2D eigenvalue weighted by Gasteiger charge is 2.19. The quantitative estimate of drug-likeness (QED) is 0.896. The number of nitrogens with zero attached hydrogens (tertiary/aromatic N) is 1. The summed E-state index contributed by atoms with van der Waals surface area (Å²) in [6.07, 6.45) is 0.976. The number of nitrogens with two attached hydrogens (primary N) is 1. The lowest BCUT2D eigenvalue weighted by molar-refractivity contribution is -0.119. The first-order valence-corrected chi connectivity index (χ1v) is 6.14. The van der Waals surface area contributed by atoms with Gasteiger partial charge in [-0.2, -0.15) is 0 Å². The summed E-state index contributed by atoms with van der Waals surface area (Å²) in [5, 5.41) is 0. The molecule has 16 heavy (non-hydrogen) atoms. The Morgan fingerprint density at radius 1 is 1.56 bits per heavy atom. The topological polar surface area (TPSA) is 46.3 Å². The molecule has 1 aliphatic heterocycles. The van der Waals surface area contributed by atoms with E-state index in [-0.39, 0.29) is 5.91 Å². The lowest BCUT2D eigenvalue weighted by Gasteiger charge is -2.28. The molecule has 0 unspecified atom stereocenters. The fourth-order valence-electron chi connectivity index (χ4n) is 2.21. The van der Waals surface area contributed by atoms with Crippen molar-refractivity contribution in [1.82, 2.24) is 4.90 Å². The Hall–Kier alpha value is -0.870. The molecule has 4 heteroatoms. The second-order valence-electron chi connectivity index (χ2n) is 4.31. The van der Waals surface area contributed by atoms with E-state index < -0.39 is 0 Å². The fourth-order valence-corrected chi connectivity index (χ4v) is 3.02. The third-order valence-electron chi connectivity index (χ3n) is 2.88. The average molecular weight is 283 g/mol. The van der Waals surface area contributed by atoms with Gasteiger partial charge in [0.15, 0.2) is 0 Å². The number of amides is 1. The van der Waals surface area contributed by atoms with Crippen LogP contribution in [0.2, 0.25) is 0 Å². The van der Waals surface area contributed by atoms with Gasteiger partial charge in [0.1, 0.15) is 0 Å². The first kappa shape index (κ1) is 11.6. The number of aryl methyl sites for hydroxylation is 1. The van der Waals surface area contributed by atoms with Crippen molar-refractivity contribution in [1.29, 1.82) is 0 Å². The van der Waals surface area contributed by atoms with Crippen LogP contribution in [0.5, 0.6) is 0 Å². The molecule has 86 valence electrons. The van der Waals surface area contributed by atoms with Crippen LogP contribution in [0, 0.1) is 6.92 Å². The molecular weight excluding hydrogens is 268 g/mol. The Kier molecular flexibility index (Phi) is 3.30. The standard InChI is InChI=1S/C12H15BrN2O/c1-8-4-9-6-15(7-12(14)16)3-2-10(9)11(13)5-8/h4-5H,2-3,6-7H2,1H3,(H2,14,16). The van der Waals surface area contributed by atoms with Crippen LogP contribution in [0.15, 0.2) is 16.6 Å². The zero-order valence-corrected chi connectivity index (χ0v) is 10.9. The molecule has 0 radical (unpaired) electrons. The van der Waals surface area contributed by atoms with E-state index >= 15 is 0 Å². The maximum atomic E-state index is 10.9. The van der Waals surface area contributed by atoms with Crippen molar-refractivity contribution in [2.45, 2.75) is 19.9 Å². The van der Waals surface area contributed by atoms with E-state index in [1.54, 1.807) is 0 Å². The molecule has 1 amide bonds. The van der Waals surface area contributed by atoms with Gasteiger partial charge in [0, 0.05) is 17.6 Å². The molecule has 2 rings (SSSR count). The molecule has 3 nitrogen and oxygen atoms in total. The molecule has 2 N–H and O–H groups in total. The highest BCUT2D eigenvalue weighted by atomic mass is 79.9. The van der Waals surface area contributed by atoms with E-state index in [1.807, 2.05) is 0 Å². The van der Waals surface area contributed by atoms with Gasteiger partial charge in [-0.3, -0.25) is 9.69 Å². The molecular formula is C12H15BrN2O. The summed E-state index contributed by atoms with van der Waals surface area (Å²) in [5.41, 5.74) is 9.13. The van der Waals surface area contributed by atoms with Crippen molar-refractivity contribution >= 4 is 21.8 Å². The fraction of sp³-hybridized carbons (Fsp3) is 0.417. The van der Waals surface area contributed by atoms with Gasteiger partial charge in [-0.1, -0.05) is 22.0 Å². The van der Waals surface area contributed by atoms with Gasteiger partial charge in [0.05, 0.1) is 6.54 Å². The van der Waals surface area contributed by atoms with Gasteiger partial charge in [-0.15, -0.1) is 0 Å². The van der Waals surface area contributed by atoms with Crippen LogP contribution in [0.4, 0.5) is 0 Å². The minimum absolute atomic E-state index is 0.254. The Labute approximate surface area is 104 Å². The van der Waals surface area contributed by atoms with E-state index in [0.29, 0.717) is 6.54 Å². The van der Waals surface area contributed by atoms with Crippen molar-refractivity contribution in [3.05, 3.63) is 33.3 Å². The molecule has 1 aromatic rings. The molecule has 0 aromatic heterocycles. The monoisotopic (exact) mass is 282 g/mol. The van der Waals surface area contributed by atoms with Crippen molar-refractivity contribution in [3.63, 3.8) is 0 Å². The van der Waals surface area contributed by atoms with Crippen LogP contribution in [-0.4, -0.2) is 23.9 Å². The predicted molar refractivity (Wildman–Crippen MR) is 67.1 cm³/mol. The largest absolute Gasteiger partial charge is 0.369 e. The normalized spacial score (nSPS) is 15.9. The maximum absolute atomic E-state index is 10.9. The van der Waals surface area contributed by atoms with E-state index in [0.717, 1.165) is 19.5 Å². The van der Waals surface area contributed by atoms with E-state index in [1.165, 1.54) is 21.2 Å². The van der Waals surface area contributed by atoms with Gasteiger partial charge in [-0.05, 0) is 36.1 Å². The number of rotatable bonds is 2. The second-order valence-corrected chi connectivity index (χ2v) is 5.17. The Balaban J connectivity index is 2.23. The zero-order chi connectivity index (χ0) is 11.7. The van der Waals surface area contributed by atoms with Crippen LogP contribution in [-0.2, 0) is 17.8 Å². The maximum Gasteiger partial charge on any atom is 0.231 e. The Bertz CT molecular complexity index is 431. The number of halogens is 1. The molecule has 0 spiro atoms. The molecule has 1 heterocycles. The minimum atomic E-state index is -0.254. The van der Waals surface area contributed by atoms with Crippen molar-refractivity contribution in [3.8, 4) is 0 Å². The summed E-state index contributed by atoms with van der Waals surface area (Å²) >= 11 is 3.59. The van der Waals surface area contributed by atoms with Crippen molar-refractivity contribution < 1.29 is 4.79 Å². The van der Waals surface area contributed by atoms with Gasteiger partial charge in [0.25, 0.3) is 0 Å². The number of benzene rings is 1. The third-order valence-corrected chi connectivity index (χ3v) is 3.59. The van der Waals surface area contributed by atoms with Crippen LogP contribution in [0.3, 0.4) is 0 Å². The molecule has 1 aliphatic rings. The first-order valence-electron chi connectivity index (χ1n) is 5.35. The van der Waals surface area contributed by atoms with Gasteiger partial charge < -0.3 is 5.73 Å². The highest BCUT2D eigenvalue weighted by molar-refractivity contribution is 9.10. The summed E-state index contributed by atoms with van der Waals surface area (Å²) in [6, 6.07) is 4.33.